The van der Waals surface area contributed by atoms with Crippen LogP contribution < -0.4 is 10.9 Å². The van der Waals surface area contributed by atoms with Crippen LogP contribution in [0.1, 0.15) is 0 Å². The summed E-state index contributed by atoms with van der Waals surface area (Å²) in [5.74, 6) is -5.34. The SMILES string of the molecule is Bc1c(O)c(O)c(O)c(-c2c(B)c(Br)c(O)c(O)c2O)c1O. The van der Waals surface area contributed by atoms with Gasteiger partial charge in [0, 0.05) is 5.56 Å². The molecular weight excluding hydrogens is 358 g/mol. The van der Waals surface area contributed by atoms with Crippen LogP contribution in [0.5, 0.6) is 40.2 Å². The molecule has 2 aromatic rings. The van der Waals surface area contributed by atoms with Crippen LogP contribution >= 0.6 is 15.9 Å². The van der Waals surface area contributed by atoms with E-state index in [1.807, 2.05) is 0 Å². The zero-order chi connectivity index (χ0) is 16.9. The minimum absolute atomic E-state index is 0.0295. The van der Waals surface area contributed by atoms with Crippen molar-refractivity contribution in [3.05, 3.63) is 4.47 Å². The average molecular weight is 369 g/mol. The third kappa shape index (κ3) is 1.98. The molecule has 0 spiro atoms. The molecule has 114 valence electrons. The third-order valence-corrected chi connectivity index (χ3v) is 4.45. The first-order valence-electron chi connectivity index (χ1n) is 6.00. The first kappa shape index (κ1) is 16.0. The molecule has 10 heteroatoms. The molecule has 2 rings (SSSR count). The van der Waals surface area contributed by atoms with Gasteiger partial charge in [-0.25, -0.2) is 0 Å². The van der Waals surface area contributed by atoms with Gasteiger partial charge in [-0.05, 0) is 21.4 Å². The van der Waals surface area contributed by atoms with Crippen molar-refractivity contribution >= 4 is 42.5 Å². The number of phenols is 7. The molecule has 0 heterocycles. The summed E-state index contributed by atoms with van der Waals surface area (Å²) in [5.41, 5.74) is -0.551. The topological polar surface area (TPSA) is 142 Å². The van der Waals surface area contributed by atoms with Gasteiger partial charge in [0.1, 0.15) is 21.4 Å². The summed E-state index contributed by atoms with van der Waals surface area (Å²) >= 11 is 3.02. The summed E-state index contributed by atoms with van der Waals surface area (Å²) < 4.78 is 0.0295. The van der Waals surface area contributed by atoms with Gasteiger partial charge in [0.05, 0.1) is 10.0 Å². The van der Waals surface area contributed by atoms with Crippen molar-refractivity contribution in [2.45, 2.75) is 0 Å². The first-order valence-corrected chi connectivity index (χ1v) is 6.80. The van der Waals surface area contributed by atoms with E-state index in [0.29, 0.717) is 0 Å². The molecule has 0 unspecified atom stereocenters. The highest BCUT2D eigenvalue weighted by molar-refractivity contribution is 9.10. The second kappa shape index (κ2) is 5.13. The van der Waals surface area contributed by atoms with E-state index in [2.05, 4.69) is 15.9 Å². The van der Waals surface area contributed by atoms with Crippen LogP contribution in [0.15, 0.2) is 4.47 Å². The van der Waals surface area contributed by atoms with E-state index in [1.54, 1.807) is 0 Å². The van der Waals surface area contributed by atoms with E-state index in [4.69, 9.17) is 0 Å². The van der Waals surface area contributed by atoms with E-state index in [-0.39, 0.29) is 26.5 Å². The molecule has 7 N–H and O–H groups in total. The third-order valence-electron chi connectivity index (χ3n) is 3.48. The lowest BCUT2D eigenvalue weighted by atomic mass is 9.82. The van der Waals surface area contributed by atoms with Gasteiger partial charge in [0.25, 0.3) is 0 Å². The highest BCUT2D eigenvalue weighted by Crippen LogP contribution is 2.52. The fraction of sp³-hybridized carbons (Fsp3) is 0. The molecular formula is C12H11B2BrO7. The predicted molar refractivity (Wildman–Crippen MR) is 87.6 cm³/mol. The number of rotatable bonds is 1. The Hall–Kier alpha value is -2.35. The van der Waals surface area contributed by atoms with E-state index < -0.39 is 40.2 Å². The van der Waals surface area contributed by atoms with Crippen molar-refractivity contribution in [3.63, 3.8) is 0 Å². The van der Waals surface area contributed by atoms with Crippen molar-refractivity contribution < 1.29 is 35.7 Å². The lowest BCUT2D eigenvalue weighted by Crippen LogP contribution is -2.12. The minimum Gasteiger partial charge on any atom is -0.508 e. The summed E-state index contributed by atoms with van der Waals surface area (Å²) in [6.07, 6.45) is 0. The smallest absolute Gasteiger partial charge is 0.202 e. The van der Waals surface area contributed by atoms with Crippen molar-refractivity contribution in [2.75, 3.05) is 0 Å². The highest BCUT2D eigenvalue weighted by Gasteiger charge is 2.28. The first-order chi connectivity index (χ1) is 10.1. The summed E-state index contributed by atoms with van der Waals surface area (Å²) in [7, 11) is 2.73. The van der Waals surface area contributed by atoms with Crippen LogP contribution in [0.4, 0.5) is 0 Å². The van der Waals surface area contributed by atoms with Gasteiger partial charge in [0.2, 0.25) is 11.5 Å². The van der Waals surface area contributed by atoms with E-state index in [0.717, 1.165) is 0 Å². The summed E-state index contributed by atoms with van der Waals surface area (Å²) in [6.45, 7) is 0. The standard InChI is InChI=1S/C12H11B2BrO7/c13-3-1(7(17)12(22)10(20)5(3)15)2-6(16)4(14)9(19)11(21)8(2)18/h16-22H,13-14H2. The lowest BCUT2D eigenvalue weighted by Gasteiger charge is -2.18. The Balaban J connectivity index is 3.03. The summed E-state index contributed by atoms with van der Waals surface area (Å²) in [5, 5.41) is 68.9. The van der Waals surface area contributed by atoms with Crippen LogP contribution in [0.2, 0.25) is 0 Å². The normalized spacial score (nSPS) is 10.8. The van der Waals surface area contributed by atoms with Crippen LogP contribution in [0.3, 0.4) is 0 Å². The molecule has 0 amide bonds. The molecule has 7 nitrogen and oxygen atoms in total. The molecule has 0 saturated carbocycles. The molecule has 0 aliphatic rings. The zero-order valence-corrected chi connectivity index (χ0v) is 13.1. The Morgan fingerprint density at radius 2 is 0.955 bits per heavy atom. The fourth-order valence-electron chi connectivity index (χ4n) is 2.16. The van der Waals surface area contributed by atoms with Gasteiger partial charge in [-0.1, -0.05) is 5.46 Å². The second-order valence-electron chi connectivity index (χ2n) is 4.75. The molecule has 0 saturated heterocycles. The van der Waals surface area contributed by atoms with Gasteiger partial charge >= 0.3 is 0 Å². The molecule has 0 radical (unpaired) electrons. The number of halogens is 1. The van der Waals surface area contributed by atoms with E-state index in [9.17, 15) is 35.7 Å². The maximum Gasteiger partial charge on any atom is 0.202 e. The minimum atomic E-state index is -0.882. The number of hydrogen-bond donors (Lipinski definition) is 7. The van der Waals surface area contributed by atoms with Crippen molar-refractivity contribution in [1.29, 1.82) is 0 Å². The quantitative estimate of drug-likeness (QED) is 0.186. The average Bonchev–Trinajstić information content (AvgIpc) is 2.50. The van der Waals surface area contributed by atoms with Crippen LogP contribution in [0, 0.1) is 0 Å². The maximum absolute atomic E-state index is 10.1. The molecule has 2 aromatic carbocycles. The van der Waals surface area contributed by atoms with Gasteiger partial charge in [-0.3, -0.25) is 0 Å². The Bertz CT molecular complexity index is 682. The van der Waals surface area contributed by atoms with Crippen LogP contribution in [-0.2, 0) is 0 Å². The Morgan fingerprint density at radius 3 is 1.50 bits per heavy atom. The summed E-state index contributed by atoms with van der Waals surface area (Å²) in [6, 6.07) is 0. The van der Waals surface area contributed by atoms with Crippen molar-refractivity contribution in [2.24, 2.45) is 0 Å². The van der Waals surface area contributed by atoms with E-state index in [1.165, 1.54) is 15.7 Å². The van der Waals surface area contributed by atoms with Gasteiger partial charge in [-0.15, -0.1) is 0 Å². The molecule has 22 heavy (non-hydrogen) atoms. The second-order valence-corrected chi connectivity index (χ2v) is 5.55. The van der Waals surface area contributed by atoms with Gasteiger partial charge in [-0.2, -0.15) is 0 Å². The van der Waals surface area contributed by atoms with Crippen molar-refractivity contribution in [1.82, 2.24) is 0 Å². The predicted octanol–water partition coefficient (Wildman–Crippen LogP) is -1.43. The number of hydrogen-bond acceptors (Lipinski definition) is 7. The monoisotopic (exact) mass is 368 g/mol. The highest BCUT2D eigenvalue weighted by atomic mass is 79.9. The Kier molecular flexibility index (Phi) is 3.74. The summed E-state index contributed by atoms with van der Waals surface area (Å²) in [4.78, 5) is 0. The largest absolute Gasteiger partial charge is 0.508 e. The fourth-order valence-corrected chi connectivity index (χ4v) is 2.55. The van der Waals surface area contributed by atoms with Gasteiger partial charge < -0.3 is 35.7 Å². The Labute approximate surface area is 134 Å². The number of benzene rings is 2. The molecule has 0 fully saturated rings. The van der Waals surface area contributed by atoms with Crippen LogP contribution in [0.25, 0.3) is 11.1 Å². The number of phenolic OH excluding ortho intramolecular Hbond substituents is 7. The molecule has 0 aromatic heterocycles. The molecule has 0 aliphatic heterocycles. The Morgan fingerprint density at radius 1 is 0.500 bits per heavy atom. The van der Waals surface area contributed by atoms with Crippen molar-refractivity contribution in [3.8, 4) is 51.4 Å². The van der Waals surface area contributed by atoms with E-state index >= 15 is 0 Å². The molecule has 0 aliphatic carbocycles. The lowest BCUT2D eigenvalue weighted by molar-refractivity contribution is 0.362. The maximum atomic E-state index is 10.1. The van der Waals surface area contributed by atoms with Crippen LogP contribution in [-0.4, -0.2) is 51.4 Å². The zero-order valence-electron chi connectivity index (χ0n) is 11.5. The molecule has 0 bridgehead atoms. The van der Waals surface area contributed by atoms with Gasteiger partial charge in [0.15, 0.2) is 23.0 Å². The number of aromatic hydroxyl groups is 7. The molecule has 0 atom stereocenters.